The van der Waals surface area contributed by atoms with Gasteiger partial charge in [-0.15, -0.1) is 0 Å². The number of hydrogen-bond acceptors (Lipinski definition) is 8. The summed E-state index contributed by atoms with van der Waals surface area (Å²) in [7, 11) is -4.65. The van der Waals surface area contributed by atoms with E-state index in [2.05, 4.69) is 0 Å². The van der Waals surface area contributed by atoms with E-state index in [9.17, 15) is 41.5 Å². The first-order valence-electron chi connectivity index (χ1n) is 10.8. The van der Waals surface area contributed by atoms with Gasteiger partial charge in [0.05, 0.1) is 41.3 Å². The molecule has 0 bridgehead atoms. The first-order valence-corrected chi connectivity index (χ1v) is 12.2. The summed E-state index contributed by atoms with van der Waals surface area (Å²) < 4.78 is 91.7. The van der Waals surface area contributed by atoms with Crippen LogP contribution < -0.4 is 9.47 Å². The maximum atomic E-state index is 14.3. The number of hydrogen-bond donors (Lipinski definition) is 2. The highest BCUT2D eigenvalue weighted by Gasteiger charge is 2.51. The van der Waals surface area contributed by atoms with Crippen molar-refractivity contribution in [1.29, 1.82) is 10.5 Å². The quantitative estimate of drug-likeness (QED) is 0.484. The van der Waals surface area contributed by atoms with Crippen molar-refractivity contribution in [2.24, 2.45) is 0 Å². The van der Waals surface area contributed by atoms with Gasteiger partial charge in [0.2, 0.25) is 10.0 Å². The Labute approximate surface area is 209 Å². The number of alkyl halides is 3. The highest BCUT2D eigenvalue weighted by Crippen LogP contribution is 2.37. The van der Waals surface area contributed by atoms with E-state index in [1.165, 1.54) is 6.07 Å². The van der Waals surface area contributed by atoms with Crippen LogP contribution in [0, 0.1) is 28.5 Å². The van der Waals surface area contributed by atoms with Gasteiger partial charge < -0.3 is 19.7 Å². The maximum Gasteiger partial charge on any atom is 0.416 e. The van der Waals surface area contributed by atoms with Crippen LogP contribution in [-0.2, 0) is 16.2 Å². The van der Waals surface area contributed by atoms with E-state index in [4.69, 9.17) is 14.7 Å². The summed E-state index contributed by atoms with van der Waals surface area (Å²) in [6.45, 7) is -0.401. The molecule has 1 aliphatic rings. The minimum absolute atomic E-state index is 0.0593. The van der Waals surface area contributed by atoms with Crippen LogP contribution in [0.25, 0.3) is 0 Å². The molecule has 1 aliphatic heterocycles. The molecule has 0 radical (unpaired) electrons. The molecule has 0 spiro atoms. The van der Waals surface area contributed by atoms with Crippen LogP contribution in [0.1, 0.15) is 30.0 Å². The SMILES string of the molecule is CCCOc1cc(C#N)c(F)cc1O[C@H]1CN(S(=O)(=O)c2ccc(C(F)(F)F)cc2C#N)C[C@@]1(O)CO. The van der Waals surface area contributed by atoms with Gasteiger partial charge in [0.25, 0.3) is 0 Å². The fourth-order valence-corrected chi connectivity index (χ4v) is 5.28. The van der Waals surface area contributed by atoms with E-state index in [-0.39, 0.29) is 23.7 Å². The summed E-state index contributed by atoms with van der Waals surface area (Å²) in [5, 5.41) is 39.1. The summed E-state index contributed by atoms with van der Waals surface area (Å²) in [4.78, 5) is -0.736. The Morgan fingerprint density at radius 1 is 1.16 bits per heavy atom. The molecule has 37 heavy (non-hydrogen) atoms. The molecule has 1 heterocycles. The average molecular weight is 543 g/mol. The Kier molecular flexibility index (Phi) is 8.00. The molecule has 2 aromatic carbocycles. The standard InChI is InChI=1S/C23H21F4N3O6S/c1-2-5-35-18-7-14(9-28)17(24)8-19(18)36-21-11-30(12-22(21,32)13-31)37(33,34)20-4-3-16(23(25,26)27)6-15(20)10-29/h3-4,6-8,21,31-32H,2,5,11-13H2,1H3/t21-,22+/m0/s1. The minimum Gasteiger partial charge on any atom is -0.490 e. The Morgan fingerprint density at radius 3 is 2.41 bits per heavy atom. The normalized spacial score (nSPS) is 20.3. The molecule has 0 unspecified atom stereocenters. The molecule has 2 atom stereocenters. The molecule has 0 saturated carbocycles. The molecular weight excluding hydrogens is 522 g/mol. The summed E-state index contributed by atoms with van der Waals surface area (Å²) in [5.74, 6) is -1.30. The van der Waals surface area contributed by atoms with Crippen molar-refractivity contribution in [2.75, 3.05) is 26.3 Å². The van der Waals surface area contributed by atoms with Crippen LogP contribution >= 0.6 is 0 Å². The third-order valence-electron chi connectivity index (χ3n) is 5.62. The van der Waals surface area contributed by atoms with Crippen molar-refractivity contribution in [1.82, 2.24) is 4.31 Å². The molecule has 1 saturated heterocycles. The summed E-state index contributed by atoms with van der Waals surface area (Å²) in [6, 6.07) is 6.51. The number of β-amino-alcohol motifs (C(OH)–C–C–N with tert-alkyl or cyclic N) is 1. The predicted octanol–water partition coefficient (Wildman–Crippen LogP) is 2.55. The molecule has 198 valence electrons. The fraction of sp³-hybridized carbons (Fsp3) is 0.391. The Morgan fingerprint density at radius 2 is 1.84 bits per heavy atom. The summed E-state index contributed by atoms with van der Waals surface area (Å²) in [5.41, 5.74) is -4.55. The lowest BCUT2D eigenvalue weighted by Crippen LogP contribution is -2.48. The van der Waals surface area contributed by atoms with E-state index in [1.807, 2.05) is 0 Å². The van der Waals surface area contributed by atoms with Crippen LogP contribution in [0.5, 0.6) is 11.5 Å². The molecule has 1 fully saturated rings. The maximum absolute atomic E-state index is 14.3. The smallest absolute Gasteiger partial charge is 0.416 e. The molecule has 9 nitrogen and oxygen atoms in total. The van der Waals surface area contributed by atoms with Gasteiger partial charge in [0, 0.05) is 18.7 Å². The molecule has 0 aliphatic carbocycles. The van der Waals surface area contributed by atoms with Crippen molar-refractivity contribution >= 4 is 10.0 Å². The number of aliphatic hydroxyl groups is 2. The van der Waals surface area contributed by atoms with Gasteiger partial charge in [-0.05, 0) is 24.6 Å². The molecular formula is C23H21F4N3O6S. The van der Waals surface area contributed by atoms with Gasteiger partial charge in [-0.3, -0.25) is 0 Å². The van der Waals surface area contributed by atoms with Crippen LogP contribution in [0.3, 0.4) is 0 Å². The number of benzene rings is 2. The highest BCUT2D eigenvalue weighted by molar-refractivity contribution is 7.89. The lowest BCUT2D eigenvalue weighted by atomic mass is 10.0. The average Bonchev–Trinajstić information content (AvgIpc) is 3.19. The highest BCUT2D eigenvalue weighted by atomic mass is 32.2. The lowest BCUT2D eigenvalue weighted by Gasteiger charge is -2.27. The molecule has 2 aromatic rings. The van der Waals surface area contributed by atoms with E-state index in [0.29, 0.717) is 28.9 Å². The molecule has 2 N–H and O–H groups in total. The zero-order valence-corrected chi connectivity index (χ0v) is 20.1. The second kappa shape index (κ2) is 10.5. The summed E-state index contributed by atoms with van der Waals surface area (Å²) >= 11 is 0. The first kappa shape index (κ1) is 28.1. The number of nitrogens with zero attached hydrogens (tertiary/aromatic N) is 3. The van der Waals surface area contributed by atoms with Gasteiger partial charge in [-0.2, -0.15) is 28.0 Å². The topological polar surface area (TPSA) is 144 Å². The third kappa shape index (κ3) is 5.62. The Balaban J connectivity index is 1.98. The minimum atomic E-state index is -4.81. The number of halogens is 4. The molecule has 0 amide bonds. The van der Waals surface area contributed by atoms with Crippen LogP contribution in [0.15, 0.2) is 35.2 Å². The van der Waals surface area contributed by atoms with Crippen LogP contribution in [0.2, 0.25) is 0 Å². The van der Waals surface area contributed by atoms with Crippen molar-refractivity contribution in [3.05, 3.63) is 52.8 Å². The number of sulfonamides is 1. The molecule has 0 aromatic heterocycles. The van der Waals surface area contributed by atoms with E-state index >= 15 is 0 Å². The largest absolute Gasteiger partial charge is 0.490 e. The van der Waals surface area contributed by atoms with Gasteiger partial charge in [-0.25, -0.2) is 12.8 Å². The van der Waals surface area contributed by atoms with Gasteiger partial charge >= 0.3 is 6.18 Å². The van der Waals surface area contributed by atoms with E-state index < -0.39 is 69.4 Å². The third-order valence-corrected chi connectivity index (χ3v) is 7.49. The lowest BCUT2D eigenvalue weighted by molar-refractivity contribution is -0.137. The number of rotatable bonds is 8. The summed E-state index contributed by atoms with van der Waals surface area (Å²) in [6.07, 6.45) is -5.75. The number of aliphatic hydroxyl groups excluding tert-OH is 1. The van der Waals surface area contributed by atoms with Gasteiger partial charge in [0.15, 0.2) is 11.5 Å². The van der Waals surface area contributed by atoms with Crippen molar-refractivity contribution < 1.29 is 45.7 Å². The predicted molar refractivity (Wildman–Crippen MR) is 118 cm³/mol. The van der Waals surface area contributed by atoms with Crippen LogP contribution in [-0.4, -0.2) is 60.9 Å². The zero-order valence-electron chi connectivity index (χ0n) is 19.3. The van der Waals surface area contributed by atoms with Crippen molar-refractivity contribution in [2.45, 2.75) is 36.1 Å². The molecule has 14 heteroatoms. The second-order valence-electron chi connectivity index (χ2n) is 8.23. The number of ether oxygens (including phenoxy) is 2. The zero-order chi connectivity index (χ0) is 27.6. The fourth-order valence-electron chi connectivity index (χ4n) is 3.66. The van der Waals surface area contributed by atoms with Crippen molar-refractivity contribution in [3.8, 4) is 23.6 Å². The number of nitriles is 2. The first-order chi connectivity index (χ1) is 17.3. The monoisotopic (exact) mass is 543 g/mol. The van der Waals surface area contributed by atoms with Crippen LogP contribution in [0.4, 0.5) is 17.6 Å². The van der Waals surface area contributed by atoms with Gasteiger partial charge in [-0.1, -0.05) is 6.92 Å². The molecule has 3 rings (SSSR count). The van der Waals surface area contributed by atoms with Crippen molar-refractivity contribution in [3.63, 3.8) is 0 Å². The Bertz CT molecular complexity index is 1370. The Hall–Kier alpha value is -3.43. The van der Waals surface area contributed by atoms with Gasteiger partial charge in [0.1, 0.15) is 29.7 Å². The van der Waals surface area contributed by atoms with E-state index in [0.717, 1.165) is 12.1 Å². The van der Waals surface area contributed by atoms with E-state index in [1.54, 1.807) is 13.0 Å². The second-order valence-corrected chi connectivity index (χ2v) is 10.1.